The molecule has 0 aromatic carbocycles. The third-order valence-electron chi connectivity index (χ3n) is 3.39. The summed E-state index contributed by atoms with van der Waals surface area (Å²) in [5.41, 5.74) is 5.98. The molecular weight excluding hydrogens is 272 g/mol. The van der Waals surface area contributed by atoms with Crippen molar-refractivity contribution >= 4 is 17.6 Å². The number of anilines is 1. The van der Waals surface area contributed by atoms with Crippen molar-refractivity contribution in [3.63, 3.8) is 0 Å². The van der Waals surface area contributed by atoms with Crippen molar-refractivity contribution in [2.75, 3.05) is 18.1 Å². The summed E-state index contributed by atoms with van der Waals surface area (Å²) in [5.74, 6) is 1.05. The van der Waals surface area contributed by atoms with Gasteiger partial charge in [0.15, 0.2) is 5.16 Å². The number of nitrogens with zero attached hydrogens (tertiary/aromatic N) is 3. The molecule has 20 heavy (non-hydrogen) atoms. The Hall–Kier alpha value is -1.32. The van der Waals surface area contributed by atoms with Gasteiger partial charge in [0.05, 0.1) is 18.9 Å². The normalized spacial score (nSPS) is 16.6. The number of aromatic nitrogens is 2. The van der Waals surface area contributed by atoms with E-state index in [1.54, 1.807) is 0 Å². The van der Waals surface area contributed by atoms with E-state index in [0.29, 0.717) is 23.4 Å². The molecule has 0 bridgehead atoms. The fourth-order valence-electron chi connectivity index (χ4n) is 2.29. The van der Waals surface area contributed by atoms with E-state index < -0.39 is 0 Å². The van der Waals surface area contributed by atoms with E-state index in [2.05, 4.69) is 9.97 Å². The minimum atomic E-state index is 0.245. The molecule has 6 heteroatoms. The van der Waals surface area contributed by atoms with Crippen molar-refractivity contribution in [2.45, 2.75) is 49.8 Å². The highest BCUT2D eigenvalue weighted by Crippen LogP contribution is 2.21. The molecule has 1 saturated carbocycles. The van der Waals surface area contributed by atoms with Crippen LogP contribution in [-0.4, -0.2) is 28.4 Å². The first-order valence-corrected chi connectivity index (χ1v) is 8.05. The SMILES string of the molecule is N#Cc1cnc(SCCOC2CCCCCC2)nc1N. The smallest absolute Gasteiger partial charge is 0.189 e. The highest BCUT2D eigenvalue weighted by molar-refractivity contribution is 7.99. The van der Waals surface area contributed by atoms with Gasteiger partial charge in [-0.05, 0) is 12.8 Å². The summed E-state index contributed by atoms with van der Waals surface area (Å²) in [5, 5.41) is 9.36. The first-order valence-electron chi connectivity index (χ1n) is 7.06. The molecule has 1 heterocycles. The summed E-state index contributed by atoms with van der Waals surface area (Å²) in [6.07, 6.45) is 9.51. The lowest BCUT2D eigenvalue weighted by atomic mass is 10.1. The van der Waals surface area contributed by atoms with Crippen LogP contribution in [0.2, 0.25) is 0 Å². The average Bonchev–Trinajstić information content (AvgIpc) is 2.72. The monoisotopic (exact) mass is 292 g/mol. The molecule has 0 spiro atoms. The Balaban J connectivity index is 1.70. The Bertz CT molecular complexity index is 467. The summed E-state index contributed by atoms with van der Waals surface area (Å²) < 4.78 is 5.90. The van der Waals surface area contributed by atoms with Crippen LogP contribution in [0, 0.1) is 11.3 Å². The van der Waals surface area contributed by atoms with Gasteiger partial charge in [0, 0.05) is 5.75 Å². The molecule has 0 saturated heterocycles. The van der Waals surface area contributed by atoms with Crippen LogP contribution in [0.4, 0.5) is 5.82 Å². The zero-order chi connectivity index (χ0) is 14.2. The highest BCUT2D eigenvalue weighted by atomic mass is 32.2. The van der Waals surface area contributed by atoms with E-state index in [0.717, 1.165) is 5.75 Å². The summed E-state index contributed by atoms with van der Waals surface area (Å²) in [4.78, 5) is 8.20. The van der Waals surface area contributed by atoms with Crippen molar-refractivity contribution < 1.29 is 4.74 Å². The number of rotatable bonds is 5. The molecule has 1 aliphatic carbocycles. The van der Waals surface area contributed by atoms with Crippen LogP contribution >= 0.6 is 11.8 Å². The molecule has 0 aliphatic heterocycles. The summed E-state index contributed by atoms with van der Waals surface area (Å²) >= 11 is 1.51. The van der Waals surface area contributed by atoms with Gasteiger partial charge in [-0.25, -0.2) is 9.97 Å². The van der Waals surface area contributed by atoms with Crippen molar-refractivity contribution in [3.8, 4) is 6.07 Å². The quantitative estimate of drug-likeness (QED) is 0.389. The van der Waals surface area contributed by atoms with E-state index in [-0.39, 0.29) is 5.82 Å². The van der Waals surface area contributed by atoms with E-state index in [1.165, 1.54) is 56.5 Å². The molecule has 0 radical (unpaired) electrons. The van der Waals surface area contributed by atoms with Crippen LogP contribution in [0.1, 0.15) is 44.1 Å². The van der Waals surface area contributed by atoms with Gasteiger partial charge in [-0.3, -0.25) is 0 Å². The summed E-state index contributed by atoms with van der Waals surface area (Å²) in [6, 6.07) is 1.95. The van der Waals surface area contributed by atoms with Gasteiger partial charge in [0.25, 0.3) is 0 Å². The molecule has 2 rings (SSSR count). The van der Waals surface area contributed by atoms with Crippen molar-refractivity contribution in [1.29, 1.82) is 5.26 Å². The second-order valence-corrected chi connectivity index (χ2v) is 5.96. The Morgan fingerprint density at radius 1 is 1.35 bits per heavy atom. The molecule has 1 aromatic rings. The van der Waals surface area contributed by atoms with Gasteiger partial charge < -0.3 is 10.5 Å². The van der Waals surface area contributed by atoms with E-state index in [1.807, 2.05) is 6.07 Å². The number of hydrogen-bond donors (Lipinski definition) is 1. The summed E-state index contributed by atoms with van der Waals surface area (Å²) in [6.45, 7) is 0.707. The van der Waals surface area contributed by atoms with Crippen LogP contribution in [-0.2, 0) is 4.74 Å². The molecule has 5 nitrogen and oxygen atoms in total. The maximum Gasteiger partial charge on any atom is 0.189 e. The molecule has 1 aliphatic rings. The topological polar surface area (TPSA) is 84.8 Å². The van der Waals surface area contributed by atoms with Crippen LogP contribution in [0.3, 0.4) is 0 Å². The largest absolute Gasteiger partial charge is 0.382 e. The van der Waals surface area contributed by atoms with Crippen LogP contribution < -0.4 is 5.73 Å². The van der Waals surface area contributed by atoms with Gasteiger partial charge in [-0.2, -0.15) is 5.26 Å². The van der Waals surface area contributed by atoms with Gasteiger partial charge in [-0.15, -0.1) is 0 Å². The summed E-state index contributed by atoms with van der Waals surface area (Å²) in [7, 11) is 0. The number of nitriles is 1. The lowest BCUT2D eigenvalue weighted by molar-refractivity contribution is 0.0542. The zero-order valence-corrected chi connectivity index (χ0v) is 12.4. The van der Waals surface area contributed by atoms with Crippen molar-refractivity contribution in [1.82, 2.24) is 9.97 Å². The second-order valence-electron chi connectivity index (χ2n) is 4.90. The predicted octanol–water partition coefficient (Wildman–Crippen LogP) is 2.76. The standard InChI is InChI=1S/C14H20N4OS/c15-9-11-10-17-14(18-13(11)16)20-8-7-19-12-5-3-1-2-4-6-12/h10,12H,1-8H2,(H2,16,17,18). The molecule has 0 amide bonds. The second kappa shape index (κ2) is 8.08. The highest BCUT2D eigenvalue weighted by Gasteiger charge is 2.12. The first kappa shape index (κ1) is 15.1. The molecule has 1 aromatic heterocycles. The number of hydrogen-bond acceptors (Lipinski definition) is 6. The Morgan fingerprint density at radius 2 is 2.10 bits per heavy atom. The third-order valence-corrected chi connectivity index (χ3v) is 4.21. The minimum Gasteiger partial charge on any atom is -0.382 e. The van der Waals surface area contributed by atoms with E-state index >= 15 is 0 Å². The minimum absolute atomic E-state index is 0.245. The van der Waals surface area contributed by atoms with Gasteiger partial charge in [0.1, 0.15) is 17.5 Å². The number of nitrogens with two attached hydrogens (primary N) is 1. The van der Waals surface area contributed by atoms with Crippen LogP contribution in [0.5, 0.6) is 0 Å². The maximum absolute atomic E-state index is 8.75. The maximum atomic E-state index is 8.75. The molecule has 108 valence electrons. The molecule has 0 unspecified atom stereocenters. The fraction of sp³-hybridized carbons (Fsp3) is 0.643. The van der Waals surface area contributed by atoms with Crippen molar-refractivity contribution in [2.24, 2.45) is 0 Å². The number of ether oxygens (including phenoxy) is 1. The lowest BCUT2D eigenvalue weighted by Crippen LogP contribution is -2.13. The zero-order valence-electron chi connectivity index (χ0n) is 11.5. The van der Waals surface area contributed by atoms with Gasteiger partial charge in [0.2, 0.25) is 0 Å². The van der Waals surface area contributed by atoms with Crippen LogP contribution in [0.15, 0.2) is 11.4 Å². The average molecular weight is 292 g/mol. The Labute approximate surface area is 123 Å². The predicted molar refractivity (Wildman–Crippen MR) is 79.3 cm³/mol. The molecular formula is C14H20N4OS. The van der Waals surface area contributed by atoms with Crippen LogP contribution in [0.25, 0.3) is 0 Å². The van der Waals surface area contributed by atoms with E-state index in [4.69, 9.17) is 15.7 Å². The lowest BCUT2D eigenvalue weighted by Gasteiger charge is -2.14. The number of nitrogen functional groups attached to an aromatic ring is 1. The van der Waals surface area contributed by atoms with Crippen molar-refractivity contribution in [3.05, 3.63) is 11.8 Å². The first-order chi connectivity index (χ1) is 9.79. The Kier molecular flexibility index (Phi) is 6.09. The molecule has 0 atom stereocenters. The molecule has 2 N–H and O–H groups in total. The Morgan fingerprint density at radius 3 is 2.75 bits per heavy atom. The van der Waals surface area contributed by atoms with E-state index in [9.17, 15) is 0 Å². The van der Waals surface area contributed by atoms with Gasteiger partial charge in [-0.1, -0.05) is 37.4 Å². The number of thioether (sulfide) groups is 1. The fourth-order valence-corrected chi connectivity index (χ4v) is 2.94. The molecule has 1 fully saturated rings. The van der Waals surface area contributed by atoms with Gasteiger partial charge >= 0.3 is 0 Å². The third kappa shape index (κ3) is 4.66.